The third kappa shape index (κ3) is 5.09. The van der Waals surface area contributed by atoms with Gasteiger partial charge in [0.05, 0.1) is 23.7 Å². The lowest BCUT2D eigenvalue weighted by Crippen LogP contribution is -2.27. The molecule has 1 aromatic heterocycles. The molecular formula is C25H31N3O2. The van der Waals surface area contributed by atoms with Gasteiger partial charge in [0, 0.05) is 6.54 Å². The highest BCUT2D eigenvalue weighted by molar-refractivity contribution is 5.87. The van der Waals surface area contributed by atoms with Crippen molar-refractivity contribution in [3.05, 3.63) is 72.6 Å². The highest BCUT2D eigenvalue weighted by Crippen LogP contribution is 2.25. The Bertz CT molecular complexity index is 1010. The van der Waals surface area contributed by atoms with E-state index in [0.29, 0.717) is 6.61 Å². The molecule has 0 aliphatic rings. The zero-order chi connectivity index (χ0) is 21.7. The van der Waals surface area contributed by atoms with Crippen molar-refractivity contribution in [2.24, 2.45) is 0 Å². The van der Waals surface area contributed by atoms with Crippen LogP contribution in [0.4, 0.5) is 0 Å². The highest BCUT2D eigenvalue weighted by atomic mass is 16.5. The van der Waals surface area contributed by atoms with E-state index >= 15 is 0 Å². The van der Waals surface area contributed by atoms with Crippen molar-refractivity contribution in [1.82, 2.24) is 14.9 Å². The first-order chi connectivity index (χ1) is 14.3. The zero-order valence-electron chi connectivity index (χ0n) is 18.3. The van der Waals surface area contributed by atoms with Crippen LogP contribution in [0.25, 0.3) is 11.0 Å². The fourth-order valence-corrected chi connectivity index (χ4v) is 3.46. The number of fused-ring (bicyclic) bond motifs is 1. The molecule has 0 saturated carbocycles. The SMILES string of the molecule is C=CC(=O)NC(C)c1nc2ccccc2n1CCCOc1ccc(C(C)(C)C)cc1. The maximum Gasteiger partial charge on any atom is 0.243 e. The van der Waals surface area contributed by atoms with Crippen molar-refractivity contribution in [3.8, 4) is 5.75 Å². The van der Waals surface area contributed by atoms with Crippen LogP contribution in [-0.4, -0.2) is 22.1 Å². The molecule has 2 aromatic carbocycles. The summed E-state index contributed by atoms with van der Waals surface area (Å²) < 4.78 is 8.11. The maximum absolute atomic E-state index is 11.7. The second-order valence-electron chi connectivity index (χ2n) is 8.52. The van der Waals surface area contributed by atoms with Crippen LogP contribution < -0.4 is 10.1 Å². The van der Waals surface area contributed by atoms with E-state index in [9.17, 15) is 4.79 Å². The number of amides is 1. The van der Waals surface area contributed by atoms with E-state index in [1.165, 1.54) is 11.6 Å². The minimum atomic E-state index is -0.214. The van der Waals surface area contributed by atoms with Gasteiger partial charge in [0.1, 0.15) is 11.6 Å². The first-order valence-corrected chi connectivity index (χ1v) is 10.4. The van der Waals surface area contributed by atoms with Gasteiger partial charge in [0.2, 0.25) is 5.91 Å². The summed E-state index contributed by atoms with van der Waals surface area (Å²) in [5.41, 5.74) is 3.40. The van der Waals surface area contributed by atoms with Crippen LogP contribution in [0, 0.1) is 0 Å². The molecular weight excluding hydrogens is 374 g/mol. The lowest BCUT2D eigenvalue weighted by atomic mass is 9.87. The lowest BCUT2D eigenvalue weighted by molar-refractivity contribution is -0.117. The maximum atomic E-state index is 11.7. The van der Waals surface area contributed by atoms with Gasteiger partial charge in [-0.15, -0.1) is 0 Å². The fourth-order valence-electron chi connectivity index (χ4n) is 3.46. The topological polar surface area (TPSA) is 56.2 Å². The summed E-state index contributed by atoms with van der Waals surface area (Å²) in [6.45, 7) is 13.4. The molecule has 1 atom stereocenters. The molecule has 5 heteroatoms. The predicted molar refractivity (Wildman–Crippen MR) is 122 cm³/mol. The number of imidazole rings is 1. The second-order valence-corrected chi connectivity index (χ2v) is 8.52. The van der Waals surface area contributed by atoms with Crippen LogP contribution >= 0.6 is 0 Å². The molecule has 3 aromatic rings. The number of ether oxygens (including phenoxy) is 1. The molecule has 3 rings (SSSR count). The van der Waals surface area contributed by atoms with Gasteiger partial charge in [-0.2, -0.15) is 0 Å². The number of hydrogen-bond donors (Lipinski definition) is 1. The van der Waals surface area contributed by atoms with Crippen molar-refractivity contribution in [3.63, 3.8) is 0 Å². The monoisotopic (exact) mass is 405 g/mol. The molecule has 0 aliphatic heterocycles. The minimum absolute atomic E-state index is 0.134. The van der Waals surface area contributed by atoms with Crippen molar-refractivity contribution >= 4 is 16.9 Å². The molecule has 1 heterocycles. The predicted octanol–water partition coefficient (Wildman–Crippen LogP) is 5.17. The molecule has 0 radical (unpaired) electrons. The molecule has 0 saturated heterocycles. The van der Waals surface area contributed by atoms with Crippen molar-refractivity contribution in [2.45, 2.75) is 52.1 Å². The smallest absolute Gasteiger partial charge is 0.243 e. The van der Waals surface area contributed by atoms with Gasteiger partial charge < -0.3 is 14.6 Å². The fraction of sp³-hybridized carbons (Fsp3) is 0.360. The van der Waals surface area contributed by atoms with Crippen LogP contribution in [0.2, 0.25) is 0 Å². The largest absolute Gasteiger partial charge is 0.494 e. The van der Waals surface area contributed by atoms with Gasteiger partial charge in [0.25, 0.3) is 0 Å². The normalized spacial score (nSPS) is 12.5. The number of aryl methyl sites for hydroxylation is 1. The average Bonchev–Trinajstić information content (AvgIpc) is 3.09. The molecule has 0 fully saturated rings. The Morgan fingerprint density at radius 2 is 1.90 bits per heavy atom. The summed E-state index contributed by atoms with van der Waals surface area (Å²) in [5, 5.41) is 2.91. The van der Waals surface area contributed by atoms with E-state index in [-0.39, 0.29) is 17.4 Å². The van der Waals surface area contributed by atoms with E-state index in [4.69, 9.17) is 9.72 Å². The molecule has 1 amide bonds. The average molecular weight is 406 g/mol. The zero-order valence-corrected chi connectivity index (χ0v) is 18.3. The van der Waals surface area contributed by atoms with E-state index in [1.54, 1.807) is 0 Å². The summed E-state index contributed by atoms with van der Waals surface area (Å²) in [7, 11) is 0. The molecule has 30 heavy (non-hydrogen) atoms. The summed E-state index contributed by atoms with van der Waals surface area (Å²) in [5.74, 6) is 1.51. The second kappa shape index (κ2) is 9.16. The number of rotatable bonds is 8. The van der Waals surface area contributed by atoms with Crippen LogP contribution in [0.1, 0.15) is 51.5 Å². The van der Waals surface area contributed by atoms with Gasteiger partial charge in [-0.3, -0.25) is 4.79 Å². The number of nitrogens with one attached hydrogen (secondary N) is 1. The molecule has 1 unspecified atom stereocenters. The molecule has 5 nitrogen and oxygen atoms in total. The molecule has 158 valence electrons. The molecule has 1 N–H and O–H groups in total. The Balaban J connectivity index is 1.67. The summed E-state index contributed by atoms with van der Waals surface area (Å²) in [4.78, 5) is 16.5. The summed E-state index contributed by atoms with van der Waals surface area (Å²) in [6, 6.07) is 16.1. The number of carbonyl (C=O) groups is 1. The van der Waals surface area contributed by atoms with E-state index in [1.807, 2.05) is 37.3 Å². The van der Waals surface area contributed by atoms with Crippen molar-refractivity contribution < 1.29 is 9.53 Å². The van der Waals surface area contributed by atoms with Gasteiger partial charge in [-0.1, -0.05) is 51.6 Å². The number of hydrogen-bond acceptors (Lipinski definition) is 3. The molecule has 0 bridgehead atoms. The van der Waals surface area contributed by atoms with E-state index in [0.717, 1.165) is 35.6 Å². The van der Waals surface area contributed by atoms with E-state index < -0.39 is 0 Å². The van der Waals surface area contributed by atoms with E-state index in [2.05, 4.69) is 55.4 Å². The Hall–Kier alpha value is -3.08. The van der Waals surface area contributed by atoms with Crippen molar-refractivity contribution in [1.29, 1.82) is 0 Å². The first-order valence-electron chi connectivity index (χ1n) is 10.4. The number of nitrogens with zero attached hydrogens (tertiary/aromatic N) is 2. The first kappa shape index (κ1) is 21.6. The summed E-state index contributed by atoms with van der Waals surface area (Å²) in [6.07, 6.45) is 2.11. The molecule has 0 spiro atoms. The number of benzene rings is 2. The van der Waals surface area contributed by atoms with Gasteiger partial charge in [-0.05, 0) is 54.7 Å². The van der Waals surface area contributed by atoms with Gasteiger partial charge in [-0.25, -0.2) is 4.98 Å². The quantitative estimate of drug-likeness (QED) is 0.416. The van der Waals surface area contributed by atoms with Gasteiger partial charge in [0.15, 0.2) is 0 Å². The van der Waals surface area contributed by atoms with Gasteiger partial charge >= 0.3 is 0 Å². The Labute approximate surface area is 178 Å². The summed E-state index contributed by atoms with van der Waals surface area (Å²) >= 11 is 0. The third-order valence-corrected chi connectivity index (χ3v) is 5.13. The lowest BCUT2D eigenvalue weighted by Gasteiger charge is -2.19. The Morgan fingerprint density at radius 3 is 2.57 bits per heavy atom. The molecule has 0 aliphatic carbocycles. The number of aromatic nitrogens is 2. The number of carbonyl (C=O) groups excluding carboxylic acids is 1. The van der Waals surface area contributed by atoms with Crippen LogP contribution in [-0.2, 0) is 16.8 Å². The van der Waals surface area contributed by atoms with Crippen molar-refractivity contribution in [2.75, 3.05) is 6.61 Å². The third-order valence-electron chi connectivity index (χ3n) is 5.13. The van der Waals surface area contributed by atoms with Crippen LogP contribution in [0.3, 0.4) is 0 Å². The minimum Gasteiger partial charge on any atom is -0.494 e. The van der Waals surface area contributed by atoms with Crippen LogP contribution in [0.5, 0.6) is 5.75 Å². The Morgan fingerprint density at radius 1 is 1.20 bits per heavy atom. The highest BCUT2D eigenvalue weighted by Gasteiger charge is 2.17. The Kier molecular flexibility index (Phi) is 6.60. The standard InChI is InChI=1S/C25H31N3O2/c1-6-23(29)26-18(2)24-27-21-10-7-8-11-22(21)28(24)16-9-17-30-20-14-12-19(13-15-20)25(3,4)5/h6-8,10-15,18H,1,9,16-17H2,2-5H3,(H,26,29). The number of para-hydroxylation sites is 2. The van der Waals surface area contributed by atoms with Crippen LogP contribution in [0.15, 0.2) is 61.2 Å².